The van der Waals surface area contributed by atoms with Gasteiger partial charge in [0.05, 0.1) is 19.1 Å². The third kappa shape index (κ3) is 3.17. The van der Waals surface area contributed by atoms with Gasteiger partial charge < -0.3 is 4.90 Å². The Morgan fingerprint density at radius 2 is 2.13 bits per heavy atom. The lowest BCUT2D eigenvalue weighted by atomic mass is 10.0. The molecule has 0 aliphatic carbocycles. The summed E-state index contributed by atoms with van der Waals surface area (Å²) in [6.45, 7) is 0.202. The van der Waals surface area contributed by atoms with Gasteiger partial charge in [-0.3, -0.25) is 4.79 Å². The second-order valence-electron chi connectivity index (χ2n) is 5.33. The molecule has 1 aromatic carbocycles. The Kier molecular flexibility index (Phi) is 4.51. The van der Waals surface area contributed by atoms with Gasteiger partial charge in [-0.05, 0) is 29.0 Å². The Morgan fingerprint density at radius 3 is 2.83 bits per heavy atom. The van der Waals surface area contributed by atoms with E-state index in [1.807, 2.05) is 0 Å². The normalized spacial score (nSPS) is 16.9. The molecule has 0 radical (unpaired) electrons. The number of hydrogen-bond donors (Lipinski definition) is 0. The van der Waals surface area contributed by atoms with Crippen LogP contribution in [0.25, 0.3) is 0 Å². The van der Waals surface area contributed by atoms with Crippen molar-refractivity contribution in [3.63, 3.8) is 0 Å². The van der Waals surface area contributed by atoms with Gasteiger partial charge in [-0.1, -0.05) is 6.07 Å². The van der Waals surface area contributed by atoms with Crippen LogP contribution in [0.1, 0.15) is 17.8 Å². The number of tetrazole rings is 1. The van der Waals surface area contributed by atoms with Crippen LogP contribution in [-0.2, 0) is 24.3 Å². The smallest absolute Gasteiger partial charge is 0.238 e. The summed E-state index contributed by atoms with van der Waals surface area (Å²) in [6.07, 6.45) is 1.20. The van der Waals surface area contributed by atoms with E-state index in [0.717, 1.165) is 5.82 Å². The van der Waals surface area contributed by atoms with Gasteiger partial charge in [0.1, 0.15) is 17.5 Å². The van der Waals surface area contributed by atoms with E-state index in [0.29, 0.717) is 19.4 Å². The summed E-state index contributed by atoms with van der Waals surface area (Å²) in [6, 6.07) is 3.36. The first kappa shape index (κ1) is 15.8. The summed E-state index contributed by atoms with van der Waals surface area (Å²) in [5.41, 5.74) is -0.145. The molecule has 3 rings (SSSR count). The topological polar surface area (TPSA) is 63.9 Å². The zero-order valence-corrected chi connectivity index (χ0v) is 12.9. The maximum absolute atomic E-state index is 13.9. The van der Waals surface area contributed by atoms with Gasteiger partial charge in [0.25, 0.3) is 0 Å². The summed E-state index contributed by atoms with van der Waals surface area (Å²) in [7, 11) is 0. The first-order chi connectivity index (χ1) is 11.1. The second-order valence-corrected chi connectivity index (χ2v) is 5.59. The van der Waals surface area contributed by atoms with Crippen molar-refractivity contribution in [3.05, 3.63) is 41.2 Å². The van der Waals surface area contributed by atoms with Crippen molar-refractivity contribution in [1.82, 2.24) is 25.1 Å². The van der Waals surface area contributed by atoms with Crippen LogP contribution in [0.2, 0.25) is 0 Å². The molecule has 0 N–H and O–H groups in total. The minimum atomic E-state index is -0.684. The van der Waals surface area contributed by atoms with Crippen LogP contribution in [0.15, 0.2) is 18.2 Å². The predicted molar refractivity (Wildman–Crippen MR) is 77.6 cm³/mol. The predicted octanol–water partition coefficient (Wildman–Crippen LogP) is 1.53. The van der Waals surface area contributed by atoms with Crippen molar-refractivity contribution in [3.8, 4) is 0 Å². The number of hydrogen-bond acceptors (Lipinski definition) is 4. The van der Waals surface area contributed by atoms with Crippen molar-refractivity contribution >= 4 is 17.5 Å². The molecule has 122 valence electrons. The summed E-state index contributed by atoms with van der Waals surface area (Å²) < 4.78 is 29.4. The van der Waals surface area contributed by atoms with E-state index in [1.165, 1.54) is 23.1 Å². The highest BCUT2D eigenvalue weighted by atomic mass is 35.5. The number of amides is 1. The van der Waals surface area contributed by atoms with Gasteiger partial charge >= 0.3 is 0 Å². The van der Waals surface area contributed by atoms with E-state index in [4.69, 9.17) is 11.6 Å². The van der Waals surface area contributed by atoms with Crippen LogP contribution in [0, 0.1) is 11.6 Å². The highest BCUT2D eigenvalue weighted by molar-refractivity contribution is 6.27. The molecular formula is C14H14ClF2N5O. The van der Waals surface area contributed by atoms with Gasteiger partial charge in [0.15, 0.2) is 5.82 Å². The quantitative estimate of drug-likeness (QED) is 0.791. The minimum Gasteiger partial charge on any atom is -0.332 e. The van der Waals surface area contributed by atoms with E-state index in [9.17, 15) is 13.6 Å². The first-order valence-electron chi connectivity index (χ1n) is 7.13. The molecular weight excluding hydrogens is 328 g/mol. The van der Waals surface area contributed by atoms with Crippen molar-refractivity contribution in [2.45, 2.75) is 32.0 Å². The number of carbonyl (C=O) groups is 1. The molecule has 0 saturated heterocycles. The summed E-state index contributed by atoms with van der Waals surface area (Å²) in [4.78, 5) is 13.6. The van der Waals surface area contributed by atoms with E-state index in [1.54, 1.807) is 4.68 Å². The van der Waals surface area contributed by atoms with E-state index in [-0.39, 0.29) is 29.9 Å². The zero-order valence-electron chi connectivity index (χ0n) is 12.1. The van der Waals surface area contributed by atoms with Gasteiger partial charge in [-0.15, -0.1) is 16.7 Å². The number of halogens is 3. The molecule has 9 heteroatoms. The van der Waals surface area contributed by atoms with Crippen molar-refractivity contribution in [2.24, 2.45) is 0 Å². The number of benzene rings is 1. The average Bonchev–Trinajstić information content (AvgIpc) is 3.01. The molecule has 1 aromatic heterocycles. The lowest BCUT2D eigenvalue weighted by molar-refractivity contribution is -0.132. The molecule has 0 spiro atoms. The molecule has 2 aromatic rings. The summed E-state index contributed by atoms with van der Waals surface area (Å²) >= 11 is 5.67. The summed E-state index contributed by atoms with van der Waals surface area (Å²) in [5.74, 6) is -1.27. The average molecular weight is 342 g/mol. The highest BCUT2D eigenvalue weighted by Gasteiger charge is 2.30. The molecule has 1 aliphatic heterocycles. The fourth-order valence-electron chi connectivity index (χ4n) is 2.74. The number of aromatic nitrogens is 4. The largest absolute Gasteiger partial charge is 0.332 e. The van der Waals surface area contributed by atoms with Gasteiger partial charge in [-0.2, -0.15) is 0 Å². The molecule has 23 heavy (non-hydrogen) atoms. The van der Waals surface area contributed by atoms with Gasteiger partial charge in [0, 0.05) is 12.0 Å². The van der Waals surface area contributed by atoms with Gasteiger partial charge in [-0.25, -0.2) is 13.5 Å². The third-order valence-corrected chi connectivity index (χ3v) is 4.19. The molecule has 1 aliphatic rings. The van der Waals surface area contributed by atoms with E-state index < -0.39 is 11.6 Å². The maximum Gasteiger partial charge on any atom is 0.238 e. The Hall–Kier alpha value is -2.09. The van der Waals surface area contributed by atoms with E-state index >= 15 is 0 Å². The molecule has 1 unspecified atom stereocenters. The second kappa shape index (κ2) is 6.57. The number of fused-ring (bicyclic) bond motifs is 1. The Labute approximate surface area is 136 Å². The van der Waals surface area contributed by atoms with Crippen LogP contribution in [-0.4, -0.2) is 42.9 Å². The molecule has 6 nitrogen and oxygen atoms in total. The Bertz CT molecular complexity index is 703. The monoisotopic (exact) mass is 341 g/mol. The number of carbonyl (C=O) groups excluding carboxylic acids is 1. The minimum absolute atomic E-state index is 0.145. The fraction of sp³-hybridized carbons (Fsp3) is 0.429. The van der Waals surface area contributed by atoms with Crippen LogP contribution in [0.4, 0.5) is 8.78 Å². The summed E-state index contributed by atoms with van der Waals surface area (Å²) in [5, 5.41) is 11.3. The molecule has 0 bridgehead atoms. The van der Waals surface area contributed by atoms with Crippen LogP contribution < -0.4 is 0 Å². The van der Waals surface area contributed by atoms with Crippen molar-refractivity contribution in [1.29, 1.82) is 0 Å². The molecule has 0 saturated carbocycles. The highest BCUT2D eigenvalue weighted by Crippen LogP contribution is 2.22. The number of rotatable bonds is 4. The fourth-order valence-corrected chi connectivity index (χ4v) is 2.89. The van der Waals surface area contributed by atoms with Gasteiger partial charge in [0.2, 0.25) is 5.91 Å². The number of alkyl halides is 1. The van der Waals surface area contributed by atoms with E-state index in [2.05, 4.69) is 15.5 Å². The molecule has 1 atom stereocenters. The SMILES string of the molecule is O=C(CCl)N(Cc1c(F)cccc1F)C1CCc2nnnn2C1. The van der Waals surface area contributed by atoms with Crippen molar-refractivity contribution in [2.75, 3.05) is 5.88 Å². The van der Waals surface area contributed by atoms with Crippen LogP contribution in [0.3, 0.4) is 0 Å². The zero-order chi connectivity index (χ0) is 16.4. The Morgan fingerprint density at radius 1 is 1.39 bits per heavy atom. The van der Waals surface area contributed by atoms with Crippen molar-refractivity contribution < 1.29 is 13.6 Å². The molecule has 2 heterocycles. The number of nitrogens with zero attached hydrogens (tertiary/aromatic N) is 5. The van der Waals surface area contributed by atoms with Crippen LogP contribution >= 0.6 is 11.6 Å². The number of aryl methyl sites for hydroxylation is 1. The molecule has 1 amide bonds. The lowest BCUT2D eigenvalue weighted by Crippen LogP contribution is -2.45. The van der Waals surface area contributed by atoms with Crippen LogP contribution in [0.5, 0.6) is 0 Å². The first-order valence-corrected chi connectivity index (χ1v) is 7.67. The lowest BCUT2D eigenvalue weighted by Gasteiger charge is -2.33. The maximum atomic E-state index is 13.9. The third-order valence-electron chi connectivity index (χ3n) is 3.96. The standard InChI is InChI=1S/C14H14ClF2N5O/c15-6-14(23)21(8-10-11(16)2-1-3-12(10)17)9-4-5-13-18-19-20-22(13)7-9/h1-3,9H,4-8H2. The molecule has 0 fully saturated rings. The Balaban J connectivity index is 1.86.